The minimum atomic E-state index is -2.82. The van der Waals surface area contributed by atoms with Crippen LogP contribution in [0.5, 0.6) is 0 Å². The molecule has 1 N–H and O–H groups in total. The van der Waals surface area contributed by atoms with Gasteiger partial charge in [-0.15, -0.1) is 0 Å². The van der Waals surface area contributed by atoms with Crippen molar-refractivity contribution in [1.29, 1.82) is 0 Å². The standard InChI is InChI=1S/C16H27NO2S/c1-3-12-17-14-16(15-9-5-4-6-10-15)11-7-8-13-20(2,18)19/h4-6,9-10,16-17H,3,7-8,11-14H2,1-2H3. The molecule has 0 saturated carbocycles. The van der Waals surface area contributed by atoms with Crippen LogP contribution in [0.25, 0.3) is 0 Å². The number of benzene rings is 1. The quantitative estimate of drug-likeness (QED) is 0.675. The minimum absolute atomic E-state index is 0.302. The first-order valence-corrected chi connectivity index (χ1v) is 9.52. The lowest BCUT2D eigenvalue weighted by atomic mass is 9.93. The number of nitrogens with one attached hydrogen (secondary N) is 1. The van der Waals surface area contributed by atoms with Crippen LogP contribution in [-0.2, 0) is 9.84 Å². The maximum Gasteiger partial charge on any atom is 0.147 e. The normalized spacial score (nSPS) is 13.3. The van der Waals surface area contributed by atoms with Crippen LogP contribution in [0, 0.1) is 0 Å². The lowest BCUT2D eigenvalue weighted by molar-refractivity contribution is 0.526. The molecule has 0 aliphatic heterocycles. The van der Waals surface area contributed by atoms with E-state index in [0.717, 1.165) is 38.8 Å². The molecule has 3 nitrogen and oxygen atoms in total. The second-order valence-electron chi connectivity index (χ2n) is 5.44. The van der Waals surface area contributed by atoms with E-state index in [1.807, 2.05) is 6.07 Å². The van der Waals surface area contributed by atoms with Crippen molar-refractivity contribution in [1.82, 2.24) is 5.32 Å². The molecule has 0 spiro atoms. The molecule has 0 fully saturated rings. The average molecular weight is 297 g/mol. The fraction of sp³-hybridized carbons (Fsp3) is 0.625. The Bertz CT molecular complexity index is 457. The molecule has 1 atom stereocenters. The van der Waals surface area contributed by atoms with E-state index in [2.05, 4.69) is 36.5 Å². The Hall–Kier alpha value is -0.870. The van der Waals surface area contributed by atoms with E-state index in [1.165, 1.54) is 11.8 Å². The molecular weight excluding hydrogens is 270 g/mol. The second kappa shape index (κ2) is 9.14. The van der Waals surface area contributed by atoms with E-state index in [0.29, 0.717) is 11.7 Å². The molecule has 0 amide bonds. The average Bonchev–Trinajstić information content (AvgIpc) is 2.41. The second-order valence-corrected chi connectivity index (χ2v) is 7.70. The Morgan fingerprint density at radius 2 is 1.85 bits per heavy atom. The Labute approximate surface area is 123 Å². The maximum absolute atomic E-state index is 11.1. The van der Waals surface area contributed by atoms with Crippen molar-refractivity contribution in [2.75, 3.05) is 25.1 Å². The largest absolute Gasteiger partial charge is 0.316 e. The van der Waals surface area contributed by atoms with Gasteiger partial charge < -0.3 is 5.32 Å². The molecule has 0 heterocycles. The number of hydrogen-bond donors (Lipinski definition) is 1. The topological polar surface area (TPSA) is 46.2 Å². The predicted octanol–water partition coefficient (Wildman–Crippen LogP) is 2.98. The molecule has 0 saturated heterocycles. The zero-order chi connectivity index (χ0) is 14.8. The first-order chi connectivity index (χ1) is 9.53. The van der Waals surface area contributed by atoms with Gasteiger partial charge in [0, 0.05) is 18.6 Å². The Kier molecular flexibility index (Phi) is 7.85. The van der Waals surface area contributed by atoms with Gasteiger partial charge in [-0.3, -0.25) is 0 Å². The van der Waals surface area contributed by atoms with Crippen LogP contribution in [0.1, 0.15) is 44.1 Å². The summed E-state index contributed by atoms with van der Waals surface area (Å²) in [5.41, 5.74) is 1.34. The van der Waals surface area contributed by atoms with Gasteiger partial charge in [0.25, 0.3) is 0 Å². The van der Waals surface area contributed by atoms with Crippen LogP contribution >= 0.6 is 0 Å². The van der Waals surface area contributed by atoms with E-state index < -0.39 is 9.84 Å². The van der Waals surface area contributed by atoms with E-state index in [1.54, 1.807) is 0 Å². The number of unbranched alkanes of at least 4 members (excludes halogenated alkanes) is 1. The van der Waals surface area contributed by atoms with Crippen LogP contribution in [0.15, 0.2) is 30.3 Å². The zero-order valence-corrected chi connectivity index (χ0v) is 13.5. The summed E-state index contributed by atoms with van der Waals surface area (Å²) in [5.74, 6) is 0.777. The molecule has 1 unspecified atom stereocenters. The molecule has 20 heavy (non-hydrogen) atoms. The van der Waals surface area contributed by atoms with Gasteiger partial charge in [0.15, 0.2) is 0 Å². The zero-order valence-electron chi connectivity index (χ0n) is 12.6. The highest BCUT2D eigenvalue weighted by atomic mass is 32.2. The van der Waals surface area contributed by atoms with Crippen LogP contribution in [0.3, 0.4) is 0 Å². The van der Waals surface area contributed by atoms with Crippen LogP contribution in [-0.4, -0.2) is 33.5 Å². The smallest absolute Gasteiger partial charge is 0.147 e. The summed E-state index contributed by atoms with van der Waals surface area (Å²) >= 11 is 0. The molecule has 1 aromatic carbocycles. The van der Waals surface area contributed by atoms with E-state index in [4.69, 9.17) is 0 Å². The summed E-state index contributed by atoms with van der Waals surface area (Å²) in [6.07, 6.45) is 5.20. The fourth-order valence-corrected chi connectivity index (χ4v) is 3.05. The minimum Gasteiger partial charge on any atom is -0.316 e. The SMILES string of the molecule is CCCNCC(CCCCS(C)(=O)=O)c1ccccc1. The Balaban J connectivity index is 2.46. The molecule has 4 heteroatoms. The maximum atomic E-state index is 11.1. The molecule has 1 aromatic rings. The highest BCUT2D eigenvalue weighted by Gasteiger charge is 2.11. The number of sulfone groups is 1. The van der Waals surface area contributed by atoms with Crippen molar-refractivity contribution >= 4 is 9.84 Å². The number of hydrogen-bond acceptors (Lipinski definition) is 3. The molecule has 0 aliphatic carbocycles. The van der Waals surface area contributed by atoms with Crippen molar-refractivity contribution in [2.24, 2.45) is 0 Å². The van der Waals surface area contributed by atoms with E-state index in [9.17, 15) is 8.42 Å². The van der Waals surface area contributed by atoms with Gasteiger partial charge in [0.05, 0.1) is 0 Å². The van der Waals surface area contributed by atoms with Crippen LogP contribution < -0.4 is 5.32 Å². The highest BCUT2D eigenvalue weighted by molar-refractivity contribution is 7.90. The molecular formula is C16H27NO2S. The predicted molar refractivity (Wildman–Crippen MR) is 85.9 cm³/mol. The lowest BCUT2D eigenvalue weighted by Gasteiger charge is -2.18. The van der Waals surface area contributed by atoms with Crippen molar-refractivity contribution in [3.63, 3.8) is 0 Å². The summed E-state index contributed by atoms with van der Waals surface area (Å²) in [6, 6.07) is 10.5. The van der Waals surface area contributed by atoms with Gasteiger partial charge >= 0.3 is 0 Å². The number of rotatable bonds is 10. The third-order valence-corrected chi connectivity index (χ3v) is 4.44. The first kappa shape index (κ1) is 17.2. The van der Waals surface area contributed by atoms with Crippen molar-refractivity contribution in [2.45, 2.75) is 38.5 Å². The lowest BCUT2D eigenvalue weighted by Crippen LogP contribution is -2.22. The van der Waals surface area contributed by atoms with E-state index in [-0.39, 0.29) is 0 Å². The summed E-state index contributed by atoms with van der Waals surface area (Å²) in [7, 11) is -2.82. The van der Waals surface area contributed by atoms with Gasteiger partial charge in [-0.1, -0.05) is 43.7 Å². The van der Waals surface area contributed by atoms with E-state index >= 15 is 0 Å². The van der Waals surface area contributed by atoms with Gasteiger partial charge in [0.1, 0.15) is 9.84 Å². The van der Waals surface area contributed by atoms with Crippen LogP contribution in [0.2, 0.25) is 0 Å². The molecule has 1 rings (SSSR count). The molecule has 114 valence electrons. The Morgan fingerprint density at radius 3 is 2.45 bits per heavy atom. The van der Waals surface area contributed by atoms with Crippen molar-refractivity contribution < 1.29 is 8.42 Å². The third kappa shape index (κ3) is 7.65. The summed E-state index contributed by atoms with van der Waals surface area (Å²) in [5, 5.41) is 3.47. The van der Waals surface area contributed by atoms with Gasteiger partial charge in [-0.25, -0.2) is 8.42 Å². The third-order valence-electron chi connectivity index (χ3n) is 3.41. The molecule has 0 radical (unpaired) electrons. The summed E-state index contributed by atoms with van der Waals surface area (Å²) in [4.78, 5) is 0. The molecule has 0 aliphatic rings. The molecule has 0 aromatic heterocycles. The van der Waals surface area contributed by atoms with Crippen molar-refractivity contribution in [3.05, 3.63) is 35.9 Å². The van der Waals surface area contributed by atoms with Crippen LogP contribution in [0.4, 0.5) is 0 Å². The van der Waals surface area contributed by atoms with Gasteiger partial charge in [-0.2, -0.15) is 0 Å². The monoisotopic (exact) mass is 297 g/mol. The Morgan fingerprint density at radius 1 is 1.15 bits per heavy atom. The van der Waals surface area contributed by atoms with Crippen molar-refractivity contribution in [3.8, 4) is 0 Å². The van der Waals surface area contributed by atoms with Gasteiger partial charge in [-0.05, 0) is 37.3 Å². The molecule has 0 bridgehead atoms. The fourth-order valence-electron chi connectivity index (χ4n) is 2.32. The summed E-state index contributed by atoms with van der Waals surface area (Å²) in [6.45, 7) is 4.17. The highest BCUT2D eigenvalue weighted by Crippen LogP contribution is 2.21. The summed E-state index contributed by atoms with van der Waals surface area (Å²) < 4.78 is 22.3. The van der Waals surface area contributed by atoms with Gasteiger partial charge in [0.2, 0.25) is 0 Å². The first-order valence-electron chi connectivity index (χ1n) is 7.46.